The largest absolute Gasteiger partial charge is 0.322 e. The molecule has 7 heteroatoms. The Morgan fingerprint density at radius 3 is 2.25 bits per heavy atom. The molecule has 1 aromatic rings. The van der Waals surface area contributed by atoms with Crippen LogP contribution in [0.5, 0.6) is 0 Å². The van der Waals surface area contributed by atoms with Gasteiger partial charge in [-0.2, -0.15) is 0 Å². The quantitative estimate of drug-likeness (QED) is 0.645. The number of likely N-dealkylation sites (tertiary alicyclic amines) is 1. The summed E-state index contributed by atoms with van der Waals surface area (Å²) in [4.78, 5) is 41.4. The van der Waals surface area contributed by atoms with E-state index in [0.29, 0.717) is 23.9 Å². The van der Waals surface area contributed by atoms with E-state index < -0.39 is 11.9 Å². The van der Waals surface area contributed by atoms with Crippen molar-refractivity contribution >= 4 is 17.7 Å². The van der Waals surface area contributed by atoms with Crippen molar-refractivity contribution in [3.8, 4) is 0 Å². The molecule has 6 nitrogen and oxygen atoms in total. The third-order valence-corrected chi connectivity index (χ3v) is 10.4. The molecule has 36 heavy (non-hydrogen) atoms. The molecule has 1 aromatic carbocycles. The van der Waals surface area contributed by atoms with Crippen molar-refractivity contribution in [3.05, 3.63) is 34.6 Å². The zero-order chi connectivity index (χ0) is 24.6. The van der Waals surface area contributed by atoms with Gasteiger partial charge in [0.05, 0.1) is 0 Å². The number of piperidine rings is 2. The first-order chi connectivity index (χ1) is 17.4. The summed E-state index contributed by atoms with van der Waals surface area (Å²) in [6, 6.07) is 2.29. The number of imide groups is 1. The molecule has 1 atom stereocenters. The Hall–Kier alpha value is -2.28. The predicted molar refractivity (Wildman–Crippen MR) is 131 cm³/mol. The highest BCUT2D eigenvalue weighted by molar-refractivity contribution is 6.05. The maximum Gasteiger partial charge on any atom is 0.255 e. The number of nitrogens with one attached hydrogen (secondary N) is 1. The smallest absolute Gasteiger partial charge is 0.255 e. The minimum Gasteiger partial charge on any atom is -0.322 e. The summed E-state index contributed by atoms with van der Waals surface area (Å²) in [6.07, 6.45) is 11.2. The van der Waals surface area contributed by atoms with E-state index in [2.05, 4.69) is 10.2 Å². The number of benzene rings is 1. The van der Waals surface area contributed by atoms with E-state index in [1.54, 1.807) is 6.07 Å². The van der Waals surface area contributed by atoms with Crippen LogP contribution in [-0.2, 0) is 16.1 Å². The van der Waals surface area contributed by atoms with E-state index in [4.69, 9.17) is 0 Å². The Labute approximate surface area is 212 Å². The molecular weight excluding hydrogens is 457 g/mol. The number of nitrogens with zero attached hydrogens (tertiary/aromatic N) is 2. The molecule has 4 aliphatic carbocycles. The molecule has 3 amide bonds. The van der Waals surface area contributed by atoms with Gasteiger partial charge in [0.25, 0.3) is 5.91 Å². The fourth-order valence-corrected chi connectivity index (χ4v) is 9.38. The first-order valence-corrected chi connectivity index (χ1v) is 14.1. The summed E-state index contributed by atoms with van der Waals surface area (Å²) < 4.78 is 14.7. The number of hydrogen-bond acceptors (Lipinski definition) is 4. The van der Waals surface area contributed by atoms with Crippen LogP contribution in [0, 0.1) is 29.0 Å². The third kappa shape index (κ3) is 3.80. The molecule has 4 saturated carbocycles. The second kappa shape index (κ2) is 8.37. The number of rotatable bonds is 4. The molecule has 2 saturated heterocycles. The fourth-order valence-electron chi connectivity index (χ4n) is 9.38. The lowest BCUT2D eigenvalue weighted by atomic mass is 9.49. The van der Waals surface area contributed by atoms with Crippen LogP contribution in [0.15, 0.2) is 12.1 Å². The topological polar surface area (TPSA) is 69.7 Å². The molecule has 192 valence electrons. The maximum atomic E-state index is 14.7. The van der Waals surface area contributed by atoms with Gasteiger partial charge in [-0.15, -0.1) is 0 Å². The lowest BCUT2D eigenvalue weighted by Gasteiger charge is -2.58. The molecule has 0 spiro atoms. The molecule has 4 bridgehead atoms. The molecule has 8 rings (SSSR count). The number of halogens is 1. The van der Waals surface area contributed by atoms with Gasteiger partial charge in [-0.1, -0.05) is 0 Å². The van der Waals surface area contributed by atoms with E-state index in [-0.39, 0.29) is 30.0 Å². The first kappa shape index (κ1) is 22.9. The molecule has 1 N–H and O–H groups in total. The summed E-state index contributed by atoms with van der Waals surface area (Å²) in [5.74, 6) is 1.74. The van der Waals surface area contributed by atoms with Gasteiger partial charge in [0, 0.05) is 25.1 Å². The van der Waals surface area contributed by atoms with Crippen LogP contribution in [0.4, 0.5) is 4.39 Å². The van der Waals surface area contributed by atoms with E-state index in [1.165, 1.54) is 56.0 Å². The summed E-state index contributed by atoms with van der Waals surface area (Å²) >= 11 is 0. The van der Waals surface area contributed by atoms with Crippen LogP contribution in [0.3, 0.4) is 0 Å². The number of hydrogen-bond donors (Lipinski definition) is 1. The minimum atomic E-state index is -0.666. The molecule has 6 fully saturated rings. The first-order valence-electron chi connectivity index (χ1n) is 14.1. The van der Waals surface area contributed by atoms with Crippen molar-refractivity contribution in [1.82, 2.24) is 15.1 Å². The predicted octanol–water partition coefficient (Wildman–Crippen LogP) is 3.98. The van der Waals surface area contributed by atoms with E-state index >= 15 is 0 Å². The standard InChI is InChI=1S/C29H36FN3O3/c30-21-10-22(24-15-33(28(36)23(24)11-21)25-1-2-26(34)31-27(25)35)20-3-5-32(6-4-20)16-29-12-17-7-18(13-29)9-19(8-17)14-29/h10-11,17-20,25H,1-9,12-16H2,(H,31,34,35). The maximum absolute atomic E-state index is 14.7. The molecule has 3 heterocycles. The van der Waals surface area contributed by atoms with Crippen LogP contribution in [0.25, 0.3) is 0 Å². The van der Waals surface area contributed by atoms with Gasteiger partial charge in [0.2, 0.25) is 11.8 Å². The minimum absolute atomic E-state index is 0.222. The highest BCUT2D eigenvalue weighted by atomic mass is 19.1. The van der Waals surface area contributed by atoms with Gasteiger partial charge >= 0.3 is 0 Å². The normalized spacial score (nSPS) is 36.5. The van der Waals surface area contributed by atoms with Crippen LogP contribution in [-0.4, -0.2) is 53.2 Å². The van der Waals surface area contributed by atoms with E-state index in [1.807, 2.05) is 0 Å². The fraction of sp³-hybridized carbons (Fsp3) is 0.690. The van der Waals surface area contributed by atoms with Crippen LogP contribution < -0.4 is 5.32 Å². The molecule has 3 aliphatic heterocycles. The molecular formula is C29H36FN3O3. The van der Waals surface area contributed by atoms with Gasteiger partial charge in [0.1, 0.15) is 11.9 Å². The van der Waals surface area contributed by atoms with Crippen LogP contribution in [0.2, 0.25) is 0 Å². The number of amides is 3. The van der Waals surface area contributed by atoms with Crippen molar-refractivity contribution in [2.45, 2.75) is 82.7 Å². The zero-order valence-electron chi connectivity index (χ0n) is 20.9. The average molecular weight is 494 g/mol. The van der Waals surface area contributed by atoms with E-state index in [0.717, 1.165) is 54.8 Å². The lowest BCUT2D eigenvalue weighted by Crippen LogP contribution is -2.52. The second-order valence-electron chi connectivity index (χ2n) is 12.9. The lowest BCUT2D eigenvalue weighted by molar-refractivity contribution is -0.136. The number of carbonyl (C=O) groups is 3. The molecule has 7 aliphatic rings. The van der Waals surface area contributed by atoms with Crippen LogP contribution >= 0.6 is 0 Å². The van der Waals surface area contributed by atoms with Crippen molar-refractivity contribution < 1.29 is 18.8 Å². The number of fused-ring (bicyclic) bond motifs is 1. The van der Waals surface area contributed by atoms with Crippen LogP contribution in [0.1, 0.15) is 91.6 Å². The van der Waals surface area contributed by atoms with Gasteiger partial charge < -0.3 is 9.80 Å². The number of carbonyl (C=O) groups excluding carboxylic acids is 3. The average Bonchev–Trinajstić information content (AvgIpc) is 3.14. The Kier molecular flexibility index (Phi) is 5.32. The van der Waals surface area contributed by atoms with Gasteiger partial charge in [-0.25, -0.2) is 4.39 Å². The highest BCUT2D eigenvalue weighted by Gasteiger charge is 2.51. The molecule has 1 unspecified atom stereocenters. The summed E-state index contributed by atoms with van der Waals surface area (Å²) in [7, 11) is 0. The SMILES string of the molecule is O=C1CCC(N2Cc3c(cc(F)cc3C3CCN(CC45CC6CC(CC(C6)C4)C5)CC3)C2=O)C(=O)N1. The third-order valence-electron chi connectivity index (χ3n) is 10.4. The molecule has 0 radical (unpaired) electrons. The van der Waals surface area contributed by atoms with Crippen molar-refractivity contribution in [3.63, 3.8) is 0 Å². The highest BCUT2D eigenvalue weighted by Crippen LogP contribution is 2.60. The van der Waals surface area contributed by atoms with Gasteiger partial charge in [-0.3, -0.25) is 19.7 Å². The zero-order valence-corrected chi connectivity index (χ0v) is 20.9. The summed E-state index contributed by atoms with van der Waals surface area (Å²) in [6.45, 7) is 3.61. The van der Waals surface area contributed by atoms with Gasteiger partial charge in [-0.05, 0) is 123 Å². The van der Waals surface area contributed by atoms with Gasteiger partial charge in [0.15, 0.2) is 0 Å². The second-order valence-corrected chi connectivity index (χ2v) is 12.9. The molecule has 0 aromatic heterocycles. The monoisotopic (exact) mass is 493 g/mol. The Morgan fingerprint density at radius 1 is 0.944 bits per heavy atom. The summed E-state index contributed by atoms with van der Waals surface area (Å²) in [5.41, 5.74) is 2.76. The Balaban J connectivity index is 1.05. The van der Waals surface area contributed by atoms with E-state index in [9.17, 15) is 18.8 Å². The Bertz CT molecular complexity index is 1090. The van der Waals surface area contributed by atoms with Crippen molar-refractivity contribution in [1.29, 1.82) is 0 Å². The summed E-state index contributed by atoms with van der Waals surface area (Å²) in [5, 5.41) is 2.35. The Morgan fingerprint density at radius 2 is 1.61 bits per heavy atom. The van der Waals surface area contributed by atoms with Crippen molar-refractivity contribution in [2.24, 2.45) is 23.2 Å². The van der Waals surface area contributed by atoms with Crippen molar-refractivity contribution in [2.75, 3.05) is 19.6 Å².